The number of ether oxygens (including phenoxy) is 1. The maximum Gasteiger partial charge on any atom is 0.226 e. The molecule has 108 valence electrons. The summed E-state index contributed by atoms with van der Waals surface area (Å²) in [6.07, 6.45) is 6.56. The summed E-state index contributed by atoms with van der Waals surface area (Å²) in [7, 11) is 1.73. The van der Waals surface area contributed by atoms with Crippen molar-refractivity contribution in [2.24, 2.45) is 5.92 Å². The molecule has 19 heavy (non-hydrogen) atoms. The first-order valence-corrected chi connectivity index (χ1v) is 7.19. The molecule has 1 aromatic rings. The van der Waals surface area contributed by atoms with Crippen LogP contribution in [0.25, 0.3) is 0 Å². The van der Waals surface area contributed by atoms with Gasteiger partial charge in [-0.1, -0.05) is 12.1 Å². The number of aryl methyl sites for hydroxylation is 1. The van der Waals surface area contributed by atoms with E-state index in [2.05, 4.69) is 17.1 Å². The van der Waals surface area contributed by atoms with Gasteiger partial charge in [0.05, 0.1) is 0 Å². The van der Waals surface area contributed by atoms with Crippen molar-refractivity contribution < 1.29 is 14.4 Å². The van der Waals surface area contributed by atoms with Gasteiger partial charge in [0.25, 0.3) is 0 Å². The minimum atomic E-state index is -0.356. The van der Waals surface area contributed by atoms with E-state index in [0.717, 1.165) is 50.9 Å². The van der Waals surface area contributed by atoms with E-state index in [4.69, 9.17) is 14.4 Å². The van der Waals surface area contributed by atoms with E-state index in [0.29, 0.717) is 11.7 Å². The number of rotatable bonds is 6. The minimum absolute atomic E-state index is 0.209. The average molecular weight is 268 g/mol. The summed E-state index contributed by atoms with van der Waals surface area (Å²) in [6, 6.07) is 0. The topological polar surface area (TPSA) is 68.4 Å². The summed E-state index contributed by atoms with van der Waals surface area (Å²) in [5.41, 5.74) is -0.356. The molecule has 0 atom stereocenters. The molecular formula is C14H24N2O3. The fraction of sp³-hybridized carbons (Fsp3) is 0.857. The van der Waals surface area contributed by atoms with Crippen LogP contribution in [0.4, 0.5) is 0 Å². The van der Waals surface area contributed by atoms with Crippen LogP contribution >= 0.6 is 0 Å². The summed E-state index contributed by atoms with van der Waals surface area (Å²) in [6.45, 7) is 2.48. The lowest BCUT2D eigenvalue weighted by molar-refractivity contribution is -0.0609. The Kier molecular flexibility index (Phi) is 4.93. The zero-order valence-electron chi connectivity index (χ0n) is 11.9. The van der Waals surface area contributed by atoms with Crippen LogP contribution < -0.4 is 0 Å². The first-order valence-electron chi connectivity index (χ1n) is 7.19. The third-order valence-corrected chi connectivity index (χ3v) is 4.15. The van der Waals surface area contributed by atoms with Crippen LogP contribution in [0, 0.1) is 5.92 Å². The SMILES string of the molecule is COC1(c2noc(CCCCO)n2)CCC(C)CC1. The van der Waals surface area contributed by atoms with Crippen molar-refractivity contribution in [3.8, 4) is 0 Å². The largest absolute Gasteiger partial charge is 0.396 e. The van der Waals surface area contributed by atoms with Crippen molar-refractivity contribution in [3.05, 3.63) is 11.7 Å². The van der Waals surface area contributed by atoms with Crippen LogP contribution in [0.1, 0.15) is 57.2 Å². The molecule has 1 fully saturated rings. The quantitative estimate of drug-likeness (QED) is 0.802. The van der Waals surface area contributed by atoms with Crippen molar-refractivity contribution in [1.29, 1.82) is 0 Å². The highest BCUT2D eigenvalue weighted by molar-refractivity contribution is 5.04. The van der Waals surface area contributed by atoms with Gasteiger partial charge in [0.1, 0.15) is 5.60 Å². The Balaban J connectivity index is 2.02. The van der Waals surface area contributed by atoms with Gasteiger partial charge in [-0.05, 0) is 44.4 Å². The predicted octanol–water partition coefficient (Wildman–Crippen LogP) is 2.44. The number of unbranched alkanes of at least 4 members (excludes halogenated alkanes) is 1. The molecule has 0 aromatic carbocycles. The fourth-order valence-electron chi connectivity index (χ4n) is 2.68. The zero-order chi connectivity index (χ0) is 13.7. The van der Waals surface area contributed by atoms with Crippen molar-refractivity contribution >= 4 is 0 Å². The van der Waals surface area contributed by atoms with Crippen molar-refractivity contribution in [2.45, 2.75) is 57.5 Å². The molecule has 0 saturated heterocycles. The van der Waals surface area contributed by atoms with E-state index >= 15 is 0 Å². The molecule has 0 unspecified atom stereocenters. The molecule has 5 heteroatoms. The second-order valence-electron chi connectivity index (χ2n) is 5.57. The number of hydrogen-bond acceptors (Lipinski definition) is 5. The highest BCUT2D eigenvalue weighted by Crippen LogP contribution is 2.40. The molecule has 1 N–H and O–H groups in total. The molecule has 0 bridgehead atoms. The molecule has 1 saturated carbocycles. The molecule has 1 heterocycles. The molecule has 1 aromatic heterocycles. The smallest absolute Gasteiger partial charge is 0.226 e. The molecule has 5 nitrogen and oxygen atoms in total. The van der Waals surface area contributed by atoms with Crippen molar-refractivity contribution in [2.75, 3.05) is 13.7 Å². The predicted molar refractivity (Wildman–Crippen MR) is 70.6 cm³/mol. The van der Waals surface area contributed by atoms with Crippen molar-refractivity contribution in [1.82, 2.24) is 10.1 Å². The number of aromatic nitrogens is 2. The molecule has 2 rings (SSSR count). The number of nitrogens with zero attached hydrogens (tertiary/aromatic N) is 2. The average Bonchev–Trinajstić information content (AvgIpc) is 2.90. The molecule has 1 aliphatic rings. The molecule has 0 radical (unpaired) electrons. The van der Waals surface area contributed by atoms with Crippen LogP contribution in [-0.2, 0) is 16.8 Å². The zero-order valence-corrected chi connectivity index (χ0v) is 11.9. The van der Waals surface area contributed by atoms with Gasteiger partial charge in [-0.25, -0.2) is 0 Å². The molecular weight excluding hydrogens is 244 g/mol. The summed E-state index contributed by atoms with van der Waals surface area (Å²) >= 11 is 0. The fourth-order valence-corrected chi connectivity index (χ4v) is 2.68. The summed E-state index contributed by atoms with van der Waals surface area (Å²) in [5, 5.41) is 12.9. The van der Waals surface area contributed by atoms with Gasteiger partial charge in [-0.2, -0.15) is 4.98 Å². The molecule has 1 aliphatic carbocycles. The van der Waals surface area contributed by atoms with Crippen LogP contribution in [0.2, 0.25) is 0 Å². The molecule has 0 aliphatic heterocycles. The Labute approximate surface area is 114 Å². The highest BCUT2D eigenvalue weighted by atomic mass is 16.5. The Hall–Kier alpha value is -0.940. The normalized spacial score (nSPS) is 27.6. The molecule has 0 spiro atoms. The van der Waals surface area contributed by atoms with Gasteiger partial charge >= 0.3 is 0 Å². The summed E-state index contributed by atoms with van der Waals surface area (Å²) in [4.78, 5) is 4.49. The summed E-state index contributed by atoms with van der Waals surface area (Å²) in [5.74, 6) is 2.10. The van der Waals surface area contributed by atoms with E-state index in [-0.39, 0.29) is 12.2 Å². The Bertz CT molecular complexity index is 384. The molecule has 0 amide bonds. The number of aliphatic hydroxyl groups is 1. The van der Waals surface area contributed by atoms with Gasteiger partial charge in [-0.3, -0.25) is 0 Å². The number of methoxy groups -OCH3 is 1. The van der Waals surface area contributed by atoms with Gasteiger partial charge in [0.2, 0.25) is 11.7 Å². The number of hydrogen-bond donors (Lipinski definition) is 1. The van der Waals surface area contributed by atoms with E-state index < -0.39 is 0 Å². The van der Waals surface area contributed by atoms with Gasteiger partial charge in [-0.15, -0.1) is 0 Å². The minimum Gasteiger partial charge on any atom is -0.396 e. The van der Waals surface area contributed by atoms with E-state index in [1.807, 2.05) is 0 Å². The van der Waals surface area contributed by atoms with Crippen LogP contribution in [-0.4, -0.2) is 29.0 Å². The van der Waals surface area contributed by atoms with Gasteiger partial charge in [0, 0.05) is 20.1 Å². The highest BCUT2D eigenvalue weighted by Gasteiger charge is 2.40. The number of aliphatic hydroxyl groups excluding tert-OH is 1. The van der Waals surface area contributed by atoms with Crippen molar-refractivity contribution in [3.63, 3.8) is 0 Å². The van der Waals surface area contributed by atoms with Crippen LogP contribution in [0.5, 0.6) is 0 Å². The van der Waals surface area contributed by atoms with E-state index in [1.54, 1.807) is 7.11 Å². The van der Waals surface area contributed by atoms with Gasteiger partial charge < -0.3 is 14.4 Å². The monoisotopic (exact) mass is 268 g/mol. The standard InChI is InChI=1S/C14H24N2O3/c1-11-6-8-14(18-2,9-7-11)13-15-12(19-16-13)5-3-4-10-17/h11,17H,3-10H2,1-2H3. The second kappa shape index (κ2) is 6.48. The van der Waals surface area contributed by atoms with Crippen LogP contribution in [0.3, 0.4) is 0 Å². The second-order valence-corrected chi connectivity index (χ2v) is 5.57. The van der Waals surface area contributed by atoms with Crippen LogP contribution in [0.15, 0.2) is 4.52 Å². The Morgan fingerprint density at radius 1 is 1.37 bits per heavy atom. The maximum atomic E-state index is 8.77. The lowest BCUT2D eigenvalue weighted by Crippen LogP contribution is -2.34. The van der Waals surface area contributed by atoms with E-state index in [9.17, 15) is 0 Å². The first kappa shape index (κ1) is 14.5. The third kappa shape index (κ3) is 3.34. The third-order valence-electron chi connectivity index (χ3n) is 4.15. The summed E-state index contributed by atoms with van der Waals surface area (Å²) < 4.78 is 11.0. The van der Waals surface area contributed by atoms with Gasteiger partial charge in [0.15, 0.2) is 0 Å². The van der Waals surface area contributed by atoms with E-state index in [1.165, 1.54) is 0 Å². The lowest BCUT2D eigenvalue weighted by Gasteiger charge is -2.35. The maximum absolute atomic E-state index is 8.77. The lowest BCUT2D eigenvalue weighted by atomic mass is 9.79. The first-order chi connectivity index (χ1) is 9.20. The Morgan fingerprint density at radius 3 is 2.74 bits per heavy atom. The Morgan fingerprint density at radius 2 is 2.11 bits per heavy atom.